The number of aromatic nitrogens is 2. The Labute approximate surface area is 171 Å². The first-order valence-electron chi connectivity index (χ1n) is 9.63. The van der Waals surface area contributed by atoms with E-state index in [9.17, 15) is 18.0 Å². The van der Waals surface area contributed by atoms with Crippen molar-refractivity contribution in [2.45, 2.75) is 45.7 Å². The Morgan fingerprint density at radius 2 is 2.07 bits per heavy atom. The summed E-state index contributed by atoms with van der Waals surface area (Å²) in [4.78, 5) is 16.1. The predicted octanol–water partition coefficient (Wildman–Crippen LogP) is 5.30. The zero-order chi connectivity index (χ0) is 21.7. The van der Waals surface area contributed by atoms with Crippen LogP contribution >= 0.6 is 0 Å². The van der Waals surface area contributed by atoms with E-state index in [4.69, 9.17) is 9.26 Å². The molecule has 0 radical (unpaired) electrons. The van der Waals surface area contributed by atoms with E-state index in [1.54, 1.807) is 18.3 Å². The largest absolute Gasteiger partial charge is 0.493 e. The van der Waals surface area contributed by atoms with Gasteiger partial charge in [-0.05, 0) is 44.0 Å². The van der Waals surface area contributed by atoms with E-state index in [2.05, 4.69) is 15.5 Å². The molecule has 6 nitrogen and oxygen atoms in total. The third-order valence-electron chi connectivity index (χ3n) is 4.46. The van der Waals surface area contributed by atoms with Crippen molar-refractivity contribution in [3.63, 3.8) is 0 Å². The molecule has 0 aliphatic heterocycles. The van der Waals surface area contributed by atoms with Gasteiger partial charge in [-0.2, -0.15) is 13.2 Å². The third kappa shape index (κ3) is 5.08. The number of carbonyl (C=O) groups is 1. The maximum absolute atomic E-state index is 13.1. The van der Waals surface area contributed by atoms with Crippen molar-refractivity contribution in [3.8, 4) is 5.75 Å². The molecule has 1 aromatic carbocycles. The number of ether oxygens (including phenoxy) is 1. The van der Waals surface area contributed by atoms with Gasteiger partial charge in [-0.25, -0.2) is 0 Å². The Kier molecular flexibility index (Phi) is 6.59. The van der Waals surface area contributed by atoms with Gasteiger partial charge in [-0.15, -0.1) is 0 Å². The number of aryl methyl sites for hydroxylation is 2. The van der Waals surface area contributed by atoms with E-state index in [-0.39, 0.29) is 29.9 Å². The van der Waals surface area contributed by atoms with Crippen LogP contribution in [0.4, 0.5) is 18.9 Å². The lowest BCUT2D eigenvalue weighted by molar-refractivity contribution is -0.141. The van der Waals surface area contributed by atoms with E-state index >= 15 is 0 Å². The third-order valence-corrected chi connectivity index (χ3v) is 4.46. The normalized spacial score (nSPS) is 11.6. The number of nitrogens with zero attached hydrogens (tertiary/aromatic N) is 2. The number of benzene rings is 1. The number of hydrogen-bond acceptors (Lipinski definition) is 5. The Morgan fingerprint density at radius 3 is 2.77 bits per heavy atom. The maximum Gasteiger partial charge on any atom is 0.437 e. The van der Waals surface area contributed by atoms with E-state index in [1.165, 1.54) is 12.1 Å². The summed E-state index contributed by atoms with van der Waals surface area (Å²) < 4.78 is 50.0. The molecule has 0 saturated carbocycles. The lowest BCUT2D eigenvalue weighted by atomic mass is 10.0. The fourth-order valence-electron chi connectivity index (χ4n) is 3.13. The number of amides is 1. The van der Waals surface area contributed by atoms with Crippen molar-refractivity contribution in [1.29, 1.82) is 0 Å². The van der Waals surface area contributed by atoms with E-state index in [1.807, 2.05) is 13.8 Å². The minimum atomic E-state index is -4.59. The number of pyridine rings is 1. The van der Waals surface area contributed by atoms with Gasteiger partial charge in [0, 0.05) is 29.6 Å². The summed E-state index contributed by atoms with van der Waals surface area (Å²) in [7, 11) is 0. The topological polar surface area (TPSA) is 77.2 Å². The molecule has 0 aliphatic rings. The van der Waals surface area contributed by atoms with Gasteiger partial charge in [0.25, 0.3) is 0 Å². The molecule has 0 unspecified atom stereocenters. The van der Waals surface area contributed by atoms with Crippen LogP contribution in [0.15, 0.2) is 35.0 Å². The molecular weight excluding hydrogens is 399 g/mol. The van der Waals surface area contributed by atoms with Gasteiger partial charge in [0.15, 0.2) is 11.3 Å². The predicted molar refractivity (Wildman–Crippen MR) is 105 cm³/mol. The summed E-state index contributed by atoms with van der Waals surface area (Å²) in [6.45, 7) is 3.99. The number of nitrogens with one attached hydrogen (secondary N) is 1. The van der Waals surface area contributed by atoms with E-state index in [0.717, 1.165) is 5.69 Å². The molecule has 0 fully saturated rings. The second-order valence-corrected chi connectivity index (χ2v) is 6.88. The second kappa shape index (κ2) is 9.15. The van der Waals surface area contributed by atoms with Crippen molar-refractivity contribution in [2.75, 3.05) is 11.9 Å². The average molecular weight is 421 g/mol. The van der Waals surface area contributed by atoms with Crippen LogP contribution in [0, 0.1) is 6.92 Å². The number of alkyl halides is 3. The monoisotopic (exact) mass is 421 g/mol. The van der Waals surface area contributed by atoms with Crippen molar-refractivity contribution < 1.29 is 27.2 Å². The maximum atomic E-state index is 13.1. The molecule has 30 heavy (non-hydrogen) atoms. The molecule has 0 saturated heterocycles. The lowest BCUT2D eigenvalue weighted by Gasteiger charge is -2.12. The summed E-state index contributed by atoms with van der Waals surface area (Å²) in [6, 6.07) is 6.29. The van der Waals surface area contributed by atoms with Crippen LogP contribution in [0.3, 0.4) is 0 Å². The first-order valence-corrected chi connectivity index (χ1v) is 9.63. The highest BCUT2D eigenvalue weighted by Gasteiger charge is 2.37. The highest BCUT2D eigenvalue weighted by atomic mass is 19.4. The van der Waals surface area contributed by atoms with Crippen LogP contribution in [0.2, 0.25) is 0 Å². The van der Waals surface area contributed by atoms with Crippen LogP contribution in [-0.2, 0) is 17.4 Å². The van der Waals surface area contributed by atoms with Gasteiger partial charge >= 0.3 is 6.18 Å². The molecule has 3 aromatic rings. The Hall–Kier alpha value is -3.10. The minimum absolute atomic E-state index is 0.0784. The zero-order valence-electron chi connectivity index (χ0n) is 16.7. The first-order chi connectivity index (χ1) is 14.3. The number of halogens is 3. The van der Waals surface area contributed by atoms with E-state index in [0.29, 0.717) is 36.3 Å². The molecule has 3 rings (SSSR count). The summed E-state index contributed by atoms with van der Waals surface area (Å²) in [5.41, 5.74) is 1.08. The van der Waals surface area contributed by atoms with Gasteiger partial charge in [0.05, 0.1) is 12.0 Å². The van der Waals surface area contributed by atoms with E-state index < -0.39 is 11.9 Å². The standard InChI is InChI=1S/C21H22F3N3O3/c1-3-5-15-17(8-7-16-19(15)30-27-20(16)21(22,23)24)29-11-4-6-18(28)26-14-9-10-25-13(2)12-14/h7-10,12H,3-6,11H2,1-2H3,(H,25,26,28). The molecular formula is C21H22F3N3O3. The van der Waals surface area contributed by atoms with Crippen LogP contribution in [0.25, 0.3) is 11.0 Å². The van der Waals surface area contributed by atoms with Gasteiger partial charge in [0.2, 0.25) is 5.91 Å². The fraction of sp³-hybridized carbons (Fsp3) is 0.381. The van der Waals surface area contributed by atoms with Crippen molar-refractivity contribution in [1.82, 2.24) is 10.1 Å². The van der Waals surface area contributed by atoms with Crippen LogP contribution < -0.4 is 10.1 Å². The highest BCUT2D eigenvalue weighted by Crippen LogP contribution is 2.38. The Balaban J connectivity index is 1.63. The van der Waals surface area contributed by atoms with Crippen LogP contribution in [0.5, 0.6) is 5.75 Å². The summed E-state index contributed by atoms with van der Waals surface area (Å²) in [5.74, 6) is 0.290. The molecule has 1 N–H and O–H groups in total. The lowest BCUT2D eigenvalue weighted by Crippen LogP contribution is -2.13. The number of rotatable bonds is 8. The quantitative estimate of drug-likeness (QED) is 0.500. The summed E-state index contributed by atoms with van der Waals surface area (Å²) in [5, 5.41) is 5.91. The second-order valence-electron chi connectivity index (χ2n) is 6.88. The Morgan fingerprint density at radius 1 is 1.27 bits per heavy atom. The van der Waals surface area contributed by atoms with Crippen molar-refractivity contribution >= 4 is 22.6 Å². The number of anilines is 1. The molecule has 160 valence electrons. The summed E-state index contributed by atoms with van der Waals surface area (Å²) >= 11 is 0. The molecule has 9 heteroatoms. The van der Waals surface area contributed by atoms with Crippen molar-refractivity contribution in [2.24, 2.45) is 0 Å². The molecule has 2 aromatic heterocycles. The number of carbonyl (C=O) groups excluding carboxylic acids is 1. The Bertz CT molecular complexity index is 1030. The molecule has 0 aliphatic carbocycles. The van der Waals surface area contributed by atoms with Gasteiger partial charge < -0.3 is 14.6 Å². The first kappa shape index (κ1) is 21.6. The van der Waals surface area contributed by atoms with Crippen LogP contribution in [-0.4, -0.2) is 22.7 Å². The fourth-order valence-corrected chi connectivity index (χ4v) is 3.13. The van der Waals surface area contributed by atoms with Crippen LogP contribution in [0.1, 0.15) is 43.1 Å². The molecule has 1 amide bonds. The molecule has 0 atom stereocenters. The number of hydrogen-bond donors (Lipinski definition) is 1. The van der Waals surface area contributed by atoms with Gasteiger partial charge in [0.1, 0.15) is 5.75 Å². The average Bonchev–Trinajstić information content (AvgIpc) is 3.11. The number of fused-ring (bicyclic) bond motifs is 1. The molecule has 0 bridgehead atoms. The smallest absolute Gasteiger partial charge is 0.437 e. The molecule has 2 heterocycles. The van der Waals surface area contributed by atoms with Gasteiger partial charge in [-0.3, -0.25) is 9.78 Å². The van der Waals surface area contributed by atoms with Gasteiger partial charge in [-0.1, -0.05) is 18.5 Å². The summed E-state index contributed by atoms with van der Waals surface area (Å²) in [6.07, 6.45) is -1.09. The van der Waals surface area contributed by atoms with Crippen molar-refractivity contribution in [3.05, 3.63) is 47.4 Å². The zero-order valence-corrected chi connectivity index (χ0v) is 16.7. The SMILES string of the molecule is CCCc1c(OCCCC(=O)Nc2ccnc(C)c2)ccc2c(C(F)(F)F)noc12. The minimum Gasteiger partial charge on any atom is -0.493 e. The molecule has 0 spiro atoms. The highest BCUT2D eigenvalue weighted by molar-refractivity contribution is 5.90.